The van der Waals surface area contributed by atoms with E-state index in [1.54, 1.807) is 6.20 Å². The maximum atomic E-state index is 12.8. The number of amides is 1. The van der Waals surface area contributed by atoms with Gasteiger partial charge in [0.2, 0.25) is 5.91 Å². The number of hydrogen-bond acceptors (Lipinski definition) is 3. The van der Waals surface area contributed by atoms with E-state index in [4.69, 9.17) is 16.6 Å². The van der Waals surface area contributed by atoms with E-state index >= 15 is 0 Å². The van der Waals surface area contributed by atoms with Crippen molar-refractivity contribution in [2.45, 2.75) is 38.5 Å². The summed E-state index contributed by atoms with van der Waals surface area (Å²) in [4.78, 5) is 23.9. The third-order valence-electron chi connectivity index (χ3n) is 5.64. The minimum absolute atomic E-state index is 0.141. The van der Waals surface area contributed by atoms with Crippen LogP contribution in [0.4, 0.5) is 0 Å². The Morgan fingerprint density at radius 3 is 2.80 bits per heavy atom. The summed E-state index contributed by atoms with van der Waals surface area (Å²) in [5, 5.41) is 0.789. The van der Waals surface area contributed by atoms with E-state index in [-0.39, 0.29) is 11.8 Å². The van der Waals surface area contributed by atoms with Crippen molar-refractivity contribution in [3.63, 3.8) is 0 Å². The number of aryl methyl sites for hydroxylation is 1. The molecule has 0 N–H and O–H groups in total. The molecular weight excluding hydrogens is 394 g/mol. The molecule has 1 aliphatic rings. The summed E-state index contributed by atoms with van der Waals surface area (Å²) in [7, 11) is 0. The number of nitrogens with zero attached hydrogens (tertiary/aromatic N) is 3. The SMILES string of the molecule is Cc1cc(Cc2ccccc2Cl)cc([C@@H]2CCCN(C(=O)Cc3ccccn3)C2)n1. The predicted molar refractivity (Wildman–Crippen MR) is 120 cm³/mol. The maximum Gasteiger partial charge on any atom is 0.228 e. The van der Waals surface area contributed by atoms with Crippen LogP contribution in [-0.4, -0.2) is 33.9 Å². The van der Waals surface area contributed by atoms with E-state index in [1.807, 2.05) is 48.2 Å². The van der Waals surface area contributed by atoms with Crippen LogP contribution in [0.15, 0.2) is 60.8 Å². The van der Waals surface area contributed by atoms with Crippen molar-refractivity contribution in [1.29, 1.82) is 0 Å². The molecule has 0 saturated carbocycles. The van der Waals surface area contributed by atoms with E-state index in [2.05, 4.69) is 23.2 Å². The van der Waals surface area contributed by atoms with Gasteiger partial charge in [0.15, 0.2) is 0 Å². The molecule has 2 aromatic heterocycles. The summed E-state index contributed by atoms with van der Waals surface area (Å²) in [6.07, 6.45) is 4.92. The fraction of sp³-hybridized carbons (Fsp3) is 0.320. The van der Waals surface area contributed by atoms with Gasteiger partial charge in [-0.1, -0.05) is 35.9 Å². The zero-order chi connectivity index (χ0) is 20.9. The number of carbonyl (C=O) groups is 1. The molecule has 154 valence electrons. The van der Waals surface area contributed by atoms with Crippen LogP contribution in [0, 0.1) is 6.92 Å². The van der Waals surface area contributed by atoms with E-state index in [1.165, 1.54) is 5.56 Å². The predicted octanol–water partition coefficient (Wildman–Crippen LogP) is 4.98. The molecule has 1 fully saturated rings. The van der Waals surface area contributed by atoms with Crippen molar-refractivity contribution in [1.82, 2.24) is 14.9 Å². The molecule has 30 heavy (non-hydrogen) atoms. The van der Waals surface area contributed by atoms with Crippen LogP contribution in [0.2, 0.25) is 5.02 Å². The Morgan fingerprint density at radius 1 is 1.17 bits per heavy atom. The van der Waals surface area contributed by atoms with Crippen molar-refractivity contribution in [3.8, 4) is 0 Å². The number of benzene rings is 1. The van der Waals surface area contributed by atoms with Gasteiger partial charge in [-0.25, -0.2) is 0 Å². The van der Waals surface area contributed by atoms with Gasteiger partial charge in [0.1, 0.15) is 0 Å². The molecule has 1 aliphatic heterocycles. The van der Waals surface area contributed by atoms with Crippen LogP contribution in [0.25, 0.3) is 0 Å². The quantitative estimate of drug-likeness (QED) is 0.586. The molecule has 1 atom stereocenters. The summed E-state index contributed by atoms with van der Waals surface area (Å²) < 4.78 is 0. The number of carbonyl (C=O) groups excluding carboxylic acids is 1. The molecule has 0 unspecified atom stereocenters. The molecule has 3 aromatic rings. The lowest BCUT2D eigenvalue weighted by atomic mass is 9.92. The van der Waals surface area contributed by atoms with Crippen molar-refractivity contribution >= 4 is 17.5 Å². The lowest BCUT2D eigenvalue weighted by Crippen LogP contribution is -2.40. The highest BCUT2D eigenvalue weighted by atomic mass is 35.5. The zero-order valence-corrected chi connectivity index (χ0v) is 18.0. The van der Waals surface area contributed by atoms with Crippen LogP contribution in [0.1, 0.15) is 47.0 Å². The average Bonchev–Trinajstić information content (AvgIpc) is 2.76. The number of hydrogen-bond donors (Lipinski definition) is 0. The van der Waals surface area contributed by atoms with Crippen molar-refractivity contribution < 1.29 is 4.79 Å². The molecule has 0 bridgehead atoms. The maximum absolute atomic E-state index is 12.8. The van der Waals surface area contributed by atoms with Gasteiger partial charge < -0.3 is 4.90 Å². The highest BCUT2D eigenvalue weighted by molar-refractivity contribution is 6.31. The second kappa shape index (κ2) is 9.40. The lowest BCUT2D eigenvalue weighted by Gasteiger charge is -2.33. The highest BCUT2D eigenvalue weighted by Gasteiger charge is 2.26. The minimum Gasteiger partial charge on any atom is -0.342 e. The molecule has 1 saturated heterocycles. The lowest BCUT2D eigenvalue weighted by molar-refractivity contribution is -0.131. The molecule has 0 radical (unpaired) electrons. The summed E-state index contributed by atoms with van der Waals surface area (Å²) in [6, 6.07) is 18.0. The van der Waals surface area contributed by atoms with E-state index in [0.29, 0.717) is 13.0 Å². The van der Waals surface area contributed by atoms with Gasteiger partial charge in [0.25, 0.3) is 0 Å². The van der Waals surface area contributed by atoms with Crippen LogP contribution in [-0.2, 0) is 17.6 Å². The van der Waals surface area contributed by atoms with Crippen molar-refractivity contribution in [3.05, 3.63) is 94.0 Å². The van der Waals surface area contributed by atoms with Crippen LogP contribution >= 0.6 is 11.6 Å². The van der Waals surface area contributed by atoms with E-state index in [9.17, 15) is 4.79 Å². The van der Waals surface area contributed by atoms with Crippen LogP contribution in [0.3, 0.4) is 0 Å². The summed E-state index contributed by atoms with van der Waals surface area (Å²) in [5.74, 6) is 0.402. The monoisotopic (exact) mass is 419 g/mol. The Bertz CT molecular complexity index is 1020. The Balaban J connectivity index is 1.48. The van der Waals surface area contributed by atoms with Gasteiger partial charge in [0, 0.05) is 47.3 Å². The normalized spacial score (nSPS) is 16.5. The number of piperidine rings is 1. The van der Waals surface area contributed by atoms with E-state index < -0.39 is 0 Å². The molecule has 1 amide bonds. The fourth-order valence-corrected chi connectivity index (χ4v) is 4.36. The van der Waals surface area contributed by atoms with Crippen molar-refractivity contribution in [2.75, 3.05) is 13.1 Å². The number of aromatic nitrogens is 2. The fourth-order valence-electron chi connectivity index (χ4n) is 4.16. The van der Waals surface area contributed by atoms with Crippen molar-refractivity contribution in [2.24, 2.45) is 0 Å². The highest BCUT2D eigenvalue weighted by Crippen LogP contribution is 2.28. The van der Waals surface area contributed by atoms with Gasteiger partial charge in [-0.2, -0.15) is 0 Å². The summed E-state index contributed by atoms with van der Waals surface area (Å²) >= 11 is 6.36. The third-order valence-corrected chi connectivity index (χ3v) is 6.01. The Kier molecular flexibility index (Phi) is 6.44. The van der Waals surface area contributed by atoms with Crippen LogP contribution in [0.5, 0.6) is 0 Å². The molecule has 1 aromatic carbocycles. The van der Waals surface area contributed by atoms with E-state index in [0.717, 1.165) is 53.5 Å². The molecule has 4 rings (SSSR count). The van der Waals surface area contributed by atoms with Gasteiger partial charge in [-0.3, -0.25) is 14.8 Å². The smallest absolute Gasteiger partial charge is 0.228 e. The third kappa shape index (κ3) is 5.06. The van der Waals surface area contributed by atoms with Gasteiger partial charge in [-0.15, -0.1) is 0 Å². The molecule has 0 spiro atoms. The molecule has 3 heterocycles. The second-order valence-electron chi connectivity index (χ2n) is 7.99. The second-order valence-corrected chi connectivity index (χ2v) is 8.39. The van der Waals surface area contributed by atoms with Crippen LogP contribution < -0.4 is 0 Å². The topological polar surface area (TPSA) is 46.1 Å². The molecule has 5 heteroatoms. The largest absolute Gasteiger partial charge is 0.342 e. The molecule has 4 nitrogen and oxygen atoms in total. The Hall–Kier alpha value is -2.72. The zero-order valence-electron chi connectivity index (χ0n) is 17.2. The van der Waals surface area contributed by atoms with Gasteiger partial charge in [-0.05, 0) is 67.6 Å². The molecule has 0 aliphatic carbocycles. The van der Waals surface area contributed by atoms with Gasteiger partial charge >= 0.3 is 0 Å². The van der Waals surface area contributed by atoms with Gasteiger partial charge in [0.05, 0.1) is 6.42 Å². The first kappa shape index (κ1) is 20.5. The standard InChI is InChI=1S/C25H26ClN3O/c1-18-13-19(14-20-7-2-3-10-23(20)26)15-24(28-18)21-8-6-12-29(17-21)25(30)16-22-9-4-5-11-27-22/h2-5,7,9-11,13,15,21H,6,8,12,14,16-17H2,1H3/t21-/m1/s1. The Labute approximate surface area is 182 Å². The first-order valence-electron chi connectivity index (χ1n) is 10.5. The first-order chi connectivity index (χ1) is 14.6. The number of rotatable bonds is 5. The summed E-state index contributed by atoms with van der Waals surface area (Å²) in [5.41, 5.74) is 5.23. The first-order valence-corrected chi connectivity index (χ1v) is 10.8. The Morgan fingerprint density at radius 2 is 2.00 bits per heavy atom. The minimum atomic E-state index is 0.141. The molecular formula is C25H26ClN3O. The number of pyridine rings is 2. The number of halogens is 1. The summed E-state index contributed by atoms with van der Waals surface area (Å²) in [6.45, 7) is 3.56. The number of likely N-dealkylation sites (tertiary alicyclic amines) is 1. The average molecular weight is 420 g/mol.